The van der Waals surface area contributed by atoms with Crippen molar-refractivity contribution in [1.82, 2.24) is 9.72 Å². The summed E-state index contributed by atoms with van der Waals surface area (Å²) in [4.78, 5) is 25.2. The Balaban J connectivity index is 1.70. The second-order valence-electron chi connectivity index (χ2n) is 7.17. The number of rotatable bonds is 7. The molecule has 0 bridgehead atoms. The number of pyridine rings is 1. The van der Waals surface area contributed by atoms with Gasteiger partial charge in [-0.25, -0.2) is 4.79 Å². The average Bonchev–Trinajstić information content (AvgIpc) is 3.12. The summed E-state index contributed by atoms with van der Waals surface area (Å²) in [5, 5.41) is 12.2. The number of amides is 1. The highest BCUT2D eigenvalue weighted by Crippen LogP contribution is 2.19. The lowest BCUT2D eigenvalue weighted by Crippen LogP contribution is -2.45. The van der Waals surface area contributed by atoms with Gasteiger partial charge in [0.25, 0.3) is 5.91 Å². The van der Waals surface area contributed by atoms with E-state index in [-0.39, 0.29) is 18.4 Å². The molecule has 2 heterocycles. The molecule has 154 valence electrons. The van der Waals surface area contributed by atoms with Gasteiger partial charge in [-0.15, -0.1) is 0 Å². The predicted molar refractivity (Wildman–Crippen MR) is 111 cm³/mol. The minimum absolute atomic E-state index is 0.0506. The maximum absolute atomic E-state index is 12.7. The van der Waals surface area contributed by atoms with Crippen LogP contribution in [0.25, 0.3) is 5.52 Å². The van der Waals surface area contributed by atoms with Crippen LogP contribution in [-0.2, 0) is 16.1 Å². The van der Waals surface area contributed by atoms with Gasteiger partial charge in [0.1, 0.15) is 24.5 Å². The molecule has 1 atom stereocenters. The summed E-state index contributed by atoms with van der Waals surface area (Å²) in [7, 11) is 1.55. The molecule has 3 rings (SSSR count). The third-order valence-electron chi connectivity index (χ3n) is 4.80. The molecule has 1 N–H and O–H groups in total. The molecule has 0 saturated heterocycles. The number of nitriles is 1. The van der Waals surface area contributed by atoms with E-state index in [9.17, 15) is 14.9 Å². The molecule has 3 aromatic rings. The molecule has 7 heteroatoms. The Bertz CT molecular complexity index is 1090. The number of carbonyl (C=O) groups excluding carboxylic acids is 2. The number of carbonyl (C=O) groups is 2. The first-order valence-corrected chi connectivity index (χ1v) is 9.54. The van der Waals surface area contributed by atoms with Crippen molar-refractivity contribution in [2.24, 2.45) is 5.92 Å². The van der Waals surface area contributed by atoms with Gasteiger partial charge in [-0.05, 0) is 42.3 Å². The van der Waals surface area contributed by atoms with Gasteiger partial charge >= 0.3 is 5.97 Å². The fourth-order valence-corrected chi connectivity index (χ4v) is 3.12. The summed E-state index contributed by atoms with van der Waals surface area (Å²) in [6.45, 7) is 3.60. The first-order chi connectivity index (χ1) is 14.4. The van der Waals surface area contributed by atoms with E-state index in [4.69, 9.17) is 9.47 Å². The van der Waals surface area contributed by atoms with Crippen LogP contribution in [-0.4, -0.2) is 29.4 Å². The van der Waals surface area contributed by atoms with Crippen LogP contribution < -0.4 is 10.1 Å². The minimum Gasteiger partial charge on any atom is -0.497 e. The minimum atomic E-state index is -0.817. The van der Waals surface area contributed by atoms with Crippen molar-refractivity contribution < 1.29 is 19.1 Å². The quantitative estimate of drug-likeness (QED) is 0.609. The van der Waals surface area contributed by atoms with E-state index in [1.807, 2.05) is 42.6 Å². The van der Waals surface area contributed by atoms with Crippen LogP contribution in [0.4, 0.5) is 0 Å². The van der Waals surface area contributed by atoms with Gasteiger partial charge in [0.2, 0.25) is 0 Å². The van der Waals surface area contributed by atoms with Gasteiger partial charge in [-0.1, -0.05) is 19.9 Å². The second-order valence-corrected chi connectivity index (χ2v) is 7.17. The smallest absolute Gasteiger partial charge is 0.329 e. The maximum atomic E-state index is 12.7. The zero-order valence-corrected chi connectivity index (χ0v) is 17.1. The summed E-state index contributed by atoms with van der Waals surface area (Å²) < 4.78 is 12.4. The van der Waals surface area contributed by atoms with E-state index in [0.717, 1.165) is 5.52 Å². The summed E-state index contributed by atoms with van der Waals surface area (Å²) in [5.41, 5.74) is 2.24. The van der Waals surface area contributed by atoms with E-state index < -0.39 is 12.0 Å². The maximum Gasteiger partial charge on any atom is 0.329 e. The fourth-order valence-electron chi connectivity index (χ4n) is 3.12. The van der Waals surface area contributed by atoms with E-state index in [2.05, 4.69) is 11.4 Å². The Kier molecular flexibility index (Phi) is 6.38. The molecule has 1 aromatic carbocycles. The molecule has 0 fully saturated rings. The van der Waals surface area contributed by atoms with Crippen LogP contribution in [0.5, 0.6) is 5.75 Å². The van der Waals surface area contributed by atoms with Gasteiger partial charge in [0.15, 0.2) is 0 Å². The van der Waals surface area contributed by atoms with E-state index in [0.29, 0.717) is 22.4 Å². The molecular weight excluding hydrogens is 382 g/mol. The summed E-state index contributed by atoms with van der Waals surface area (Å²) >= 11 is 0. The highest BCUT2D eigenvalue weighted by molar-refractivity contribution is 5.97. The number of aromatic nitrogens is 1. The number of methoxy groups -OCH3 is 1. The molecule has 0 aliphatic heterocycles. The lowest BCUT2D eigenvalue weighted by atomic mass is 10.0. The zero-order valence-electron chi connectivity index (χ0n) is 17.1. The molecule has 0 spiro atoms. The monoisotopic (exact) mass is 405 g/mol. The molecule has 1 amide bonds. The van der Waals surface area contributed by atoms with Crippen molar-refractivity contribution in [1.29, 1.82) is 5.26 Å². The van der Waals surface area contributed by atoms with Crippen molar-refractivity contribution in [3.8, 4) is 11.8 Å². The first kappa shape index (κ1) is 20.9. The molecule has 0 unspecified atom stereocenters. The number of esters is 1. The third-order valence-corrected chi connectivity index (χ3v) is 4.80. The van der Waals surface area contributed by atoms with Crippen LogP contribution in [0.2, 0.25) is 0 Å². The van der Waals surface area contributed by atoms with Crippen molar-refractivity contribution >= 4 is 17.4 Å². The first-order valence-electron chi connectivity index (χ1n) is 9.54. The number of nitrogens with zero attached hydrogens (tertiary/aromatic N) is 2. The molecule has 30 heavy (non-hydrogen) atoms. The van der Waals surface area contributed by atoms with Crippen molar-refractivity contribution in [3.63, 3.8) is 0 Å². The highest BCUT2D eigenvalue weighted by atomic mass is 16.5. The van der Waals surface area contributed by atoms with E-state index in [1.165, 1.54) is 0 Å². The standard InChI is InChI=1S/C23H23N3O4/c1-15(2)21(25-22(27)16-7-9-18(29-3)10-8-16)23(28)30-14-17-13-26-11-5-4-6-20(26)19(17)12-24/h4-11,13,15,21H,14H2,1-3H3,(H,25,27)/t21-/m0/s1. The Hall–Kier alpha value is -3.79. The molecule has 0 radical (unpaired) electrons. The topological polar surface area (TPSA) is 92.8 Å². The lowest BCUT2D eigenvalue weighted by molar-refractivity contribution is -0.148. The number of fused-ring (bicyclic) bond motifs is 1. The van der Waals surface area contributed by atoms with Gasteiger partial charge in [-0.3, -0.25) is 4.79 Å². The third kappa shape index (κ3) is 4.44. The fraction of sp³-hybridized carbons (Fsp3) is 0.261. The SMILES string of the molecule is COc1ccc(C(=O)N[C@H](C(=O)OCc2cn3ccccc3c2C#N)C(C)C)cc1. The van der Waals surface area contributed by atoms with Crippen molar-refractivity contribution in [2.45, 2.75) is 26.5 Å². The lowest BCUT2D eigenvalue weighted by Gasteiger charge is -2.21. The van der Waals surface area contributed by atoms with E-state index in [1.54, 1.807) is 37.6 Å². The molecule has 7 nitrogen and oxygen atoms in total. The number of nitrogens with one attached hydrogen (secondary N) is 1. The largest absolute Gasteiger partial charge is 0.497 e. The van der Waals surface area contributed by atoms with Crippen LogP contribution in [0.15, 0.2) is 54.9 Å². The Morgan fingerprint density at radius 1 is 1.17 bits per heavy atom. The molecule has 0 saturated carbocycles. The zero-order chi connectivity index (χ0) is 21.7. The van der Waals surface area contributed by atoms with E-state index >= 15 is 0 Å². The van der Waals surface area contributed by atoms with Crippen LogP contribution in [0.3, 0.4) is 0 Å². The average molecular weight is 405 g/mol. The molecule has 0 aliphatic carbocycles. The Morgan fingerprint density at radius 3 is 2.53 bits per heavy atom. The summed E-state index contributed by atoms with van der Waals surface area (Å²) in [5.74, 6) is -0.463. The normalized spacial score (nSPS) is 11.7. The summed E-state index contributed by atoms with van der Waals surface area (Å²) in [6, 6.07) is 13.5. The Morgan fingerprint density at radius 2 is 1.90 bits per heavy atom. The summed E-state index contributed by atoms with van der Waals surface area (Å²) in [6.07, 6.45) is 3.59. The van der Waals surface area contributed by atoms with Gasteiger partial charge in [0.05, 0.1) is 18.2 Å². The second kappa shape index (κ2) is 9.14. The molecular formula is C23H23N3O4. The molecule has 2 aromatic heterocycles. The predicted octanol–water partition coefficient (Wildman–Crippen LogP) is 3.32. The highest BCUT2D eigenvalue weighted by Gasteiger charge is 2.26. The van der Waals surface area contributed by atoms with Gasteiger partial charge < -0.3 is 19.2 Å². The van der Waals surface area contributed by atoms with Gasteiger partial charge in [-0.2, -0.15) is 5.26 Å². The number of ether oxygens (including phenoxy) is 2. The van der Waals surface area contributed by atoms with Crippen LogP contribution in [0.1, 0.15) is 35.3 Å². The van der Waals surface area contributed by atoms with Crippen molar-refractivity contribution in [3.05, 3.63) is 71.5 Å². The number of hydrogen-bond donors (Lipinski definition) is 1. The number of benzene rings is 1. The number of hydrogen-bond acceptors (Lipinski definition) is 5. The van der Waals surface area contributed by atoms with Gasteiger partial charge in [0, 0.05) is 23.5 Å². The van der Waals surface area contributed by atoms with Crippen molar-refractivity contribution in [2.75, 3.05) is 7.11 Å². The van der Waals surface area contributed by atoms with Crippen LogP contribution in [0, 0.1) is 17.2 Å². The molecule has 0 aliphatic rings. The Labute approximate surface area is 174 Å². The van der Waals surface area contributed by atoms with Crippen LogP contribution >= 0.6 is 0 Å².